The molecule has 2 N–H and O–H groups in total. The number of nitrogens with zero attached hydrogens (tertiary/aromatic N) is 1. The zero-order valence-corrected chi connectivity index (χ0v) is 14.8. The minimum absolute atomic E-state index is 0.0110. The molecule has 4 rings (SSSR count). The van der Waals surface area contributed by atoms with E-state index < -0.39 is 0 Å². The Morgan fingerprint density at radius 2 is 2.21 bits per heavy atom. The van der Waals surface area contributed by atoms with Crippen molar-refractivity contribution in [2.75, 3.05) is 30.4 Å². The zero-order chi connectivity index (χ0) is 16.9. The van der Waals surface area contributed by atoms with Gasteiger partial charge in [0, 0.05) is 48.9 Å². The van der Waals surface area contributed by atoms with Gasteiger partial charge in [0.1, 0.15) is 0 Å². The molecular formula is C19H27N3O2. The Kier molecular flexibility index (Phi) is 3.71. The summed E-state index contributed by atoms with van der Waals surface area (Å²) in [6.07, 6.45) is 3.58. The third-order valence-corrected chi connectivity index (χ3v) is 6.08. The van der Waals surface area contributed by atoms with Gasteiger partial charge in [-0.2, -0.15) is 0 Å². The number of amides is 2. The van der Waals surface area contributed by atoms with Crippen LogP contribution in [-0.2, 0) is 11.2 Å². The number of nitrogens with one attached hydrogen (secondary N) is 2. The maximum absolute atomic E-state index is 12.5. The number of hydrogen-bond acceptors (Lipinski definition) is 3. The van der Waals surface area contributed by atoms with Crippen LogP contribution >= 0.6 is 0 Å². The van der Waals surface area contributed by atoms with Gasteiger partial charge in [0.15, 0.2) is 0 Å². The number of rotatable bonds is 2. The summed E-state index contributed by atoms with van der Waals surface area (Å²) in [4.78, 5) is 14.7. The number of hydrogen-bond donors (Lipinski definition) is 2. The van der Waals surface area contributed by atoms with Crippen molar-refractivity contribution in [3.8, 4) is 0 Å². The van der Waals surface area contributed by atoms with Crippen molar-refractivity contribution >= 4 is 17.4 Å². The lowest BCUT2D eigenvalue weighted by Crippen LogP contribution is -2.67. The fourth-order valence-electron chi connectivity index (χ4n) is 4.79. The van der Waals surface area contributed by atoms with E-state index in [-0.39, 0.29) is 17.5 Å². The highest BCUT2D eigenvalue weighted by Crippen LogP contribution is 2.52. The molecule has 1 aromatic rings. The first-order valence-electron chi connectivity index (χ1n) is 9.00. The van der Waals surface area contributed by atoms with E-state index in [4.69, 9.17) is 4.74 Å². The number of ether oxygens (including phenoxy) is 1. The second-order valence-corrected chi connectivity index (χ2v) is 8.01. The van der Waals surface area contributed by atoms with E-state index in [9.17, 15) is 4.79 Å². The van der Waals surface area contributed by atoms with Gasteiger partial charge in [0.05, 0.1) is 6.10 Å². The van der Waals surface area contributed by atoms with E-state index in [1.807, 2.05) is 6.07 Å². The predicted molar refractivity (Wildman–Crippen MR) is 95.6 cm³/mol. The molecule has 5 heteroatoms. The molecule has 1 saturated heterocycles. The number of anilines is 2. The van der Waals surface area contributed by atoms with Gasteiger partial charge in [-0.15, -0.1) is 0 Å². The number of carbonyl (C=O) groups is 1. The van der Waals surface area contributed by atoms with Crippen LogP contribution in [0.15, 0.2) is 18.2 Å². The molecule has 3 atom stereocenters. The minimum Gasteiger partial charge on any atom is -0.377 e. The fourth-order valence-corrected chi connectivity index (χ4v) is 4.79. The Hall–Kier alpha value is -1.75. The first-order valence-corrected chi connectivity index (χ1v) is 9.00. The molecular weight excluding hydrogens is 302 g/mol. The third kappa shape index (κ3) is 2.46. The van der Waals surface area contributed by atoms with Gasteiger partial charge in [0.25, 0.3) is 0 Å². The highest BCUT2D eigenvalue weighted by atomic mass is 16.5. The summed E-state index contributed by atoms with van der Waals surface area (Å²) in [5, 5.41) is 6.19. The van der Waals surface area contributed by atoms with Crippen molar-refractivity contribution in [2.24, 2.45) is 11.3 Å². The van der Waals surface area contributed by atoms with Crippen molar-refractivity contribution in [3.63, 3.8) is 0 Å². The summed E-state index contributed by atoms with van der Waals surface area (Å²) in [5.74, 6) is 0.461. The van der Waals surface area contributed by atoms with Gasteiger partial charge in [-0.05, 0) is 43.0 Å². The average Bonchev–Trinajstić information content (AvgIpc) is 3.00. The summed E-state index contributed by atoms with van der Waals surface area (Å²) in [7, 11) is 2.12. The maximum Gasteiger partial charge on any atom is 0.319 e. The van der Waals surface area contributed by atoms with Crippen LogP contribution in [-0.4, -0.2) is 38.4 Å². The van der Waals surface area contributed by atoms with Gasteiger partial charge in [-0.3, -0.25) is 0 Å². The molecule has 5 nitrogen and oxygen atoms in total. The standard InChI is InChI=1S/C19H27N3O2/c1-19(2)16(14-8-10-24-17(14)19)21-18(23)20-13-6-7-15-12(11-13)5-4-9-22(15)3/h6-7,11,14,16-17H,4-5,8-10H2,1-3H3,(H2,20,21,23)/t14-,16+,17+/m0/s1. The van der Waals surface area contributed by atoms with Crippen LogP contribution in [0.2, 0.25) is 0 Å². The van der Waals surface area contributed by atoms with Crippen molar-refractivity contribution in [2.45, 2.75) is 45.3 Å². The Labute approximate surface area is 143 Å². The number of benzene rings is 1. The monoisotopic (exact) mass is 329 g/mol. The van der Waals surface area contributed by atoms with Crippen LogP contribution in [0, 0.1) is 11.3 Å². The SMILES string of the molecule is CN1CCCc2cc(NC(=O)N[C@@H]3[C@@H]4CCO[C@H]4C3(C)C)ccc21. The van der Waals surface area contributed by atoms with Crippen LogP contribution in [0.3, 0.4) is 0 Å². The largest absolute Gasteiger partial charge is 0.377 e. The molecule has 0 unspecified atom stereocenters. The van der Waals surface area contributed by atoms with Crippen LogP contribution in [0.25, 0.3) is 0 Å². The Morgan fingerprint density at radius 3 is 3.04 bits per heavy atom. The van der Waals surface area contributed by atoms with Crippen molar-refractivity contribution in [3.05, 3.63) is 23.8 Å². The summed E-state index contributed by atoms with van der Waals surface area (Å²) in [5.41, 5.74) is 3.47. The molecule has 1 saturated carbocycles. The molecule has 1 aromatic carbocycles. The summed E-state index contributed by atoms with van der Waals surface area (Å²) in [6, 6.07) is 6.29. The normalized spacial score (nSPS) is 30.1. The molecule has 0 radical (unpaired) electrons. The molecule has 2 amide bonds. The highest BCUT2D eigenvalue weighted by molar-refractivity contribution is 5.90. The molecule has 0 spiro atoms. The Balaban J connectivity index is 1.42. The summed E-state index contributed by atoms with van der Waals surface area (Å²) in [6.45, 7) is 6.27. The smallest absolute Gasteiger partial charge is 0.319 e. The van der Waals surface area contributed by atoms with Gasteiger partial charge < -0.3 is 20.3 Å². The van der Waals surface area contributed by atoms with Gasteiger partial charge in [-0.1, -0.05) is 13.8 Å². The number of aryl methyl sites for hydroxylation is 1. The van der Waals surface area contributed by atoms with Crippen LogP contribution in [0.1, 0.15) is 32.3 Å². The van der Waals surface area contributed by atoms with Crippen molar-refractivity contribution in [1.82, 2.24) is 5.32 Å². The summed E-state index contributed by atoms with van der Waals surface area (Å²) < 4.78 is 5.79. The first-order chi connectivity index (χ1) is 11.5. The van der Waals surface area contributed by atoms with Crippen LogP contribution in [0.4, 0.5) is 16.2 Å². The topological polar surface area (TPSA) is 53.6 Å². The Morgan fingerprint density at radius 1 is 1.38 bits per heavy atom. The maximum atomic E-state index is 12.5. The second-order valence-electron chi connectivity index (χ2n) is 8.01. The minimum atomic E-state index is -0.109. The number of urea groups is 1. The van der Waals surface area contributed by atoms with Gasteiger partial charge in [0.2, 0.25) is 0 Å². The predicted octanol–water partition coefficient (Wildman–Crippen LogP) is 3.00. The molecule has 2 fully saturated rings. The molecule has 0 aromatic heterocycles. The molecule has 2 heterocycles. The Bertz CT molecular complexity index is 658. The highest BCUT2D eigenvalue weighted by Gasteiger charge is 2.59. The molecule has 0 bridgehead atoms. The van der Waals surface area contributed by atoms with E-state index in [0.29, 0.717) is 12.0 Å². The molecule has 130 valence electrons. The fraction of sp³-hybridized carbons (Fsp3) is 0.632. The lowest BCUT2D eigenvalue weighted by molar-refractivity contribution is -0.107. The lowest BCUT2D eigenvalue weighted by Gasteiger charge is -2.54. The quantitative estimate of drug-likeness (QED) is 0.877. The zero-order valence-electron chi connectivity index (χ0n) is 14.8. The lowest BCUT2D eigenvalue weighted by atomic mass is 9.57. The second kappa shape index (κ2) is 5.66. The van der Waals surface area contributed by atoms with Gasteiger partial charge >= 0.3 is 6.03 Å². The molecule has 3 aliphatic rings. The molecule has 24 heavy (non-hydrogen) atoms. The molecule has 1 aliphatic carbocycles. The number of fused-ring (bicyclic) bond motifs is 2. The van der Waals surface area contributed by atoms with E-state index in [2.05, 4.69) is 48.6 Å². The van der Waals surface area contributed by atoms with Crippen LogP contribution in [0.5, 0.6) is 0 Å². The van der Waals surface area contributed by atoms with Gasteiger partial charge in [-0.25, -0.2) is 4.79 Å². The number of carbonyl (C=O) groups excluding carboxylic acids is 1. The van der Waals surface area contributed by atoms with Crippen molar-refractivity contribution < 1.29 is 9.53 Å². The van der Waals surface area contributed by atoms with Crippen LogP contribution < -0.4 is 15.5 Å². The van der Waals surface area contributed by atoms with Crippen molar-refractivity contribution in [1.29, 1.82) is 0 Å². The van der Waals surface area contributed by atoms with E-state index in [1.165, 1.54) is 17.7 Å². The average molecular weight is 329 g/mol. The third-order valence-electron chi connectivity index (χ3n) is 6.08. The van der Waals surface area contributed by atoms with E-state index >= 15 is 0 Å². The molecule has 2 aliphatic heterocycles. The first kappa shape index (κ1) is 15.8. The van der Waals surface area contributed by atoms with E-state index in [0.717, 1.165) is 31.7 Å². The summed E-state index contributed by atoms with van der Waals surface area (Å²) >= 11 is 0. The van der Waals surface area contributed by atoms with E-state index in [1.54, 1.807) is 0 Å².